The molecule has 0 bridgehead atoms. The molecule has 0 amide bonds. The van der Waals surface area contributed by atoms with Crippen LogP contribution >= 0.6 is 0 Å². The molecule has 0 spiro atoms. The summed E-state index contributed by atoms with van der Waals surface area (Å²) in [4.78, 5) is 0.350. The molecule has 1 aromatic rings. The lowest BCUT2D eigenvalue weighted by Crippen LogP contribution is -2.48. The van der Waals surface area contributed by atoms with E-state index in [1.807, 2.05) is 26.1 Å². The highest BCUT2D eigenvalue weighted by Crippen LogP contribution is 2.19. The van der Waals surface area contributed by atoms with Crippen molar-refractivity contribution in [1.29, 1.82) is 0 Å². The summed E-state index contributed by atoms with van der Waals surface area (Å²) in [6, 6.07) is 6.96. The van der Waals surface area contributed by atoms with Crippen molar-refractivity contribution >= 4 is 10.0 Å². The number of aryl methyl sites for hydroxylation is 1. The minimum Gasteiger partial charge on any atom is -0.374 e. The van der Waals surface area contributed by atoms with E-state index in [1.165, 1.54) is 4.31 Å². The van der Waals surface area contributed by atoms with E-state index in [0.29, 0.717) is 31.1 Å². The Morgan fingerprint density at radius 3 is 2.68 bits per heavy atom. The van der Waals surface area contributed by atoms with Crippen LogP contribution in [0.1, 0.15) is 5.56 Å². The number of benzene rings is 1. The first-order chi connectivity index (χ1) is 9.04. The lowest BCUT2D eigenvalue weighted by Gasteiger charge is -2.32. The third-order valence-corrected chi connectivity index (χ3v) is 5.07. The number of rotatable bonds is 4. The summed E-state index contributed by atoms with van der Waals surface area (Å²) in [6.45, 7) is 3.85. The van der Waals surface area contributed by atoms with Crippen LogP contribution in [-0.2, 0) is 14.8 Å². The predicted octanol–water partition coefficient (Wildman–Crippen LogP) is 0.604. The minimum absolute atomic E-state index is 0.0843. The molecule has 2 rings (SSSR count). The molecule has 1 saturated heterocycles. The van der Waals surface area contributed by atoms with Crippen molar-refractivity contribution in [3.05, 3.63) is 29.8 Å². The van der Waals surface area contributed by atoms with E-state index in [0.717, 1.165) is 5.56 Å². The van der Waals surface area contributed by atoms with Crippen molar-refractivity contribution in [2.75, 3.05) is 33.3 Å². The van der Waals surface area contributed by atoms with Gasteiger partial charge in [-0.15, -0.1) is 0 Å². The van der Waals surface area contributed by atoms with Gasteiger partial charge in [-0.1, -0.05) is 17.7 Å². The topological polar surface area (TPSA) is 58.6 Å². The van der Waals surface area contributed by atoms with Gasteiger partial charge < -0.3 is 10.1 Å². The number of nitrogens with one attached hydrogen (secondary N) is 1. The van der Waals surface area contributed by atoms with Crippen molar-refractivity contribution in [3.8, 4) is 0 Å². The third kappa shape index (κ3) is 3.33. The van der Waals surface area contributed by atoms with E-state index in [2.05, 4.69) is 5.32 Å². The zero-order valence-corrected chi connectivity index (χ0v) is 12.1. The predicted molar refractivity (Wildman–Crippen MR) is 73.6 cm³/mol. The molecule has 1 fully saturated rings. The number of morpholine rings is 1. The van der Waals surface area contributed by atoms with Gasteiger partial charge in [-0.05, 0) is 26.1 Å². The smallest absolute Gasteiger partial charge is 0.243 e. The first kappa shape index (κ1) is 14.5. The second kappa shape index (κ2) is 6.00. The Hall–Kier alpha value is -0.950. The maximum Gasteiger partial charge on any atom is 0.243 e. The molecule has 0 radical (unpaired) electrons. The summed E-state index contributed by atoms with van der Waals surface area (Å²) >= 11 is 0. The molecule has 0 saturated carbocycles. The second-order valence-electron chi connectivity index (χ2n) is 4.73. The van der Waals surface area contributed by atoms with E-state index < -0.39 is 10.0 Å². The molecule has 6 heteroatoms. The van der Waals surface area contributed by atoms with E-state index in [1.54, 1.807) is 12.1 Å². The Balaban J connectivity index is 2.17. The van der Waals surface area contributed by atoms with Crippen LogP contribution in [0.15, 0.2) is 29.2 Å². The molecule has 0 aromatic heterocycles. The van der Waals surface area contributed by atoms with Crippen LogP contribution in [0.2, 0.25) is 0 Å². The molecule has 1 aliphatic heterocycles. The number of nitrogens with zero attached hydrogens (tertiary/aromatic N) is 1. The summed E-state index contributed by atoms with van der Waals surface area (Å²) in [5.41, 5.74) is 1.05. The first-order valence-electron chi connectivity index (χ1n) is 6.37. The first-order valence-corrected chi connectivity index (χ1v) is 7.81. The van der Waals surface area contributed by atoms with Crippen molar-refractivity contribution in [1.82, 2.24) is 9.62 Å². The Kier molecular flexibility index (Phi) is 4.57. The van der Waals surface area contributed by atoms with Crippen LogP contribution in [0.25, 0.3) is 0 Å². The van der Waals surface area contributed by atoms with Crippen LogP contribution in [0, 0.1) is 6.92 Å². The summed E-state index contributed by atoms with van der Waals surface area (Å²) in [7, 11) is -1.57. The Morgan fingerprint density at radius 2 is 2.05 bits per heavy atom. The van der Waals surface area contributed by atoms with Crippen LogP contribution in [0.4, 0.5) is 0 Å². The molecule has 1 aliphatic rings. The molecule has 19 heavy (non-hydrogen) atoms. The number of likely N-dealkylation sites (N-methyl/N-ethyl adjacent to an activating group) is 1. The SMILES string of the molecule is CNCC1CN(S(=O)(=O)c2ccc(C)cc2)CCO1. The van der Waals surface area contributed by atoms with Gasteiger partial charge in [0.1, 0.15) is 0 Å². The fourth-order valence-corrected chi connectivity index (χ4v) is 3.58. The summed E-state index contributed by atoms with van der Waals surface area (Å²) in [6.07, 6.45) is -0.0843. The lowest BCUT2D eigenvalue weighted by molar-refractivity contribution is 0.000824. The lowest BCUT2D eigenvalue weighted by atomic mass is 10.2. The highest BCUT2D eigenvalue weighted by molar-refractivity contribution is 7.89. The van der Waals surface area contributed by atoms with Crippen LogP contribution in [-0.4, -0.2) is 52.1 Å². The molecule has 1 unspecified atom stereocenters. The summed E-state index contributed by atoms with van der Waals surface area (Å²) < 4.78 is 32.0. The van der Waals surface area contributed by atoms with Gasteiger partial charge in [-0.25, -0.2) is 8.42 Å². The van der Waals surface area contributed by atoms with Gasteiger partial charge in [-0.3, -0.25) is 0 Å². The van der Waals surface area contributed by atoms with Gasteiger partial charge in [0.15, 0.2) is 0 Å². The summed E-state index contributed by atoms with van der Waals surface area (Å²) in [5.74, 6) is 0. The number of hydrogen-bond donors (Lipinski definition) is 1. The van der Waals surface area contributed by atoms with E-state index in [-0.39, 0.29) is 6.10 Å². The minimum atomic E-state index is -3.40. The third-order valence-electron chi connectivity index (χ3n) is 3.19. The molecule has 1 N–H and O–H groups in total. The molecule has 1 heterocycles. The molecule has 1 atom stereocenters. The van der Waals surface area contributed by atoms with E-state index in [4.69, 9.17) is 4.74 Å². The Labute approximate surface area is 114 Å². The van der Waals surface area contributed by atoms with Crippen molar-refractivity contribution in [3.63, 3.8) is 0 Å². The van der Waals surface area contributed by atoms with E-state index in [9.17, 15) is 8.42 Å². The average molecular weight is 284 g/mol. The number of hydrogen-bond acceptors (Lipinski definition) is 4. The van der Waals surface area contributed by atoms with Crippen LogP contribution < -0.4 is 5.32 Å². The molecule has 1 aromatic carbocycles. The van der Waals surface area contributed by atoms with Crippen molar-refractivity contribution < 1.29 is 13.2 Å². The molecule has 5 nitrogen and oxygen atoms in total. The largest absolute Gasteiger partial charge is 0.374 e. The van der Waals surface area contributed by atoms with Gasteiger partial charge in [0.25, 0.3) is 0 Å². The highest BCUT2D eigenvalue weighted by Gasteiger charge is 2.30. The molecule has 106 valence electrons. The maximum atomic E-state index is 12.5. The van der Waals surface area contributed by atoms with Gasteiger partial charge in [0, 0.05) is 19.6 Å². The van der Waals surface area contributed by atoms with E-state index >= 15 is 0 Å². The van der Waals surface area contributed by atoms with Crippen LogP contribution in [0.3, 0.4) is 0 Å². The zero-order valence-electron chi connectivity index (χ0n) is 11.3. The maximum absolute atomic E-state index is 12.5. The molecule has 0 aliphatic carbocycles. The fourth-order valence-electron chi connectivity index (χ4n) is 2.12. The fraction of sp³-hybridized carbons (Fsp3) is 0.538. The van der Waals surface area contributed by atoms with Crippen LogP contribution in [0.5, 0.6) is 0 Å². The van der Waals surface area contributed by atoms with Crippen molar-refractivity contribution in [2.45, 2.75) is 17.9 Å². The normalized spacial score (nSPS) is 21.5. The molecular formula is C13H20N2O3S. The van der Waals surface area contributed by atoms with Crippen molar-refractivity contribution in [2.24, 2.45) is 0 Å². The Bertz CT molecular complexity index is 511. The summed E-state index contributed by atoms with van der Waals surface area (Å²) in [5, 5.41) is 3.01. The van der Waals surface area contributed by atoms with Gasteiger partial charge in [-0.2, -0.15) is 4.31 Å². The Morgan fingerprint density at radius 1 is 1.37 bits per heavy atom. The average Bonchev–Trinajstić information content (AvgIpc) is 2.40. The zero-order chi connectivity index (χ0) is 13.9. The molecular weight excluding hydrogens is 264 g/mol. The van der Waals surface area contributed by atoms with Gasteiger partial charge in [0.2, 0.25) is 10.0 Å². The number of ether oxygens (including phenoxy) is 1. The van der Waals surface area contributed by atoms with Gasteiger partial charge in [0.05, 0.1) is 17.6 Å². The quantitative estimate of drug-likeness (QED) is 0.880. The number of sulfonamides is 1. The highest BCUT2D eigenvalue weighted by atomic mass is 32.2. The standard InChI is InChI=1S/C13H20N2O3S/c1-11-3-5-13(6-4-11)19(16,17)15-7-8-18-12(10-15)9-14-2/h3-6,12,14H,7-10H2,1-2H3. The second-order valence-corrected chi connectivity index (χ2v) is 6.66. The van der Waals surface area contributed by atoms with Gasteiger partial charge >= 0.3 is 0 Å². The monoisotopic (exact) mass is 284 g/mol.